The number of rotatable bonds is 8. The summed E-state index contributed by atoms with van der Waals surface area (Å²) in [6, 6.07) is 15.7. The number of hydrogen-bond donors (Lipinski definition) is 3. The summed E-state index contributed by atoms with van der Waals surface area (Å²) in [5.41, 5.74) is 8.52. The zero-order valence-electron chi connectivity index (χ0n) is 16.4. The van der Waals surface area contributed by atoms with Crippen LogP contribution in [0.25, 0.3) is 10.9 Å². The van der Waals surface area contributed by atoms with E-state index in [4.69, 9.17) is 5.73 Å². The van der Waals surface area contributed by atoms with Crippen LogP contribution >= 0.6 is 24.8 Å². The van der Waals surface area contributed by atoms with Crippen molar-refractivity contribution in [2.24, 2.45) is 5.73 Å². The number of nitrogens with one attached hydrogen (secondary N) is 2. The lowest BCUT2D eigenvalue weighted by Crippen LogP contribution is -2.18. The molecule has 6 nitrogen and oxygen atoms in total. The smallest absolute Gasteiger partial charge is 0.226 e. The van der Waals surface area contributed by atoms with E-state index in [0.29, 0.717) is 31.8 Å². The van der Waals surface area contributed by atoms with Gasteiger partial charge in [0.05, 0.1) is 5.52 Å². The van der Waals surface area contributed by atoms with E-state index in [-0.39, 0.29) is 30.7 Å². The third-order valence-corrected chi connectivity index (χ3v) is 4.33. The quantitative estimate of drug-likeness (QED) is 0.497. The molecular formula is C21H27Cl2N5O. The average Bonchev–Trinajstić information content (AvgIpc) is 2.68. The summed E-state index contributed by atoms with van der Waals surface area (Å²) < 4.78 is 0. The van der Waals surface area contributed by atoms with Crippen LogP contribution < -0.4 is 16.4 Å². The summed E-state index contributed by atoms with van der Waals surface area (Å²) in [4.78, 5) is 21.4. The van der Waals surface area contributed by atoms with Crippen LogP contribution in [0.15, 0.2) is 48.5 Å². The van der Waals surface area contributed by atoms with E-state index in [0.717, 1.165) is 34.4 Å². The second-order valence-electron chi connectivity index (χ2n) is 6.28. The number of fused-ring (bicyclic) bond motifs is 1. The van der Waals surface area contributed by atoms with Crippen molar-refractivity contribution in [2.45, 2.75) is 26.2 Å². The first kappa shape index (κ1) is 24.6. The van der Waals surface area contributed by atoms with E-state index in [1.807, 2.05) is 48.5 Å². The van der Waals surface area contributed by atoms with Crippen molar-refractivity contribution < 1.29 is 4.79 Å². The van der Waals surface area contributed by atoms with E-state index in [2.05, 4.69) is 27.5 Å². The first-order valence-electron chi connectivity index (χ1n) is 9.28. The van der Waals surface area contributed by atoms with E-state index in [9.17, 15) is 4.79 Å². The SMILES string of the molecule is CCc1ccccc1NC(=O)CCNc1nc(CCN)nc2ccccc12.Cl.Cl. The molecule has 0 atom stereocenters. The van der Waals surface area contributed by atoms with Gasteiger partial charge in [-0.15, -0.1) is 24.8 Å². The number of anilines is 2. The Balaban J connectivity index is 0.00000210. The molecule has 29 heavy (non-hydrogen) atoms. The molecule has 3 aromatic rings. The van der Waals surface area contributed by atoms with Crippen molar-refractivity contribution in [1.29, 1.82) is 0 Å². The van der Waals surface area contributed by atoms with Gasteiger partial charge in [-0.2, -0.15) is 0 Å². The molecule has 1 heterocycles. The van der Waals surface area contributed by atoms with Crippen LogP contribution in [0.3, 0.4) is 0 Å². The van der Waals surface area contributed by atoms with Gasteiger partial charge >= 0.3 is 0 Å². The Morgan fingerprint density at radius 2 is 1.76 bits per heavy atom. The van der Waals surface area contributed by atoms with Crippen molar-refractivity contribution in [3.05, 3.63) is 59.9 Å². The van der Waals surface area contributed by atoms with Gasteiger partial charge in [0.15, 0.2) is 0 Å². The fourth-order valence-corrected chi connectivity index (χ4v) is 2.96. The maximum absolute atomic E-state index is 12.3. The lowest BCUT2D eigenvalue weighted by atomic mass is 10.1. The molecule has 0 aliphatic rings. The summed E-state index contributed by atoms with van der Waals surface area (Å²) in [7, 11) is 0. The standard InChI is InChI=1S/C21H25N5O.2ClH/c1-2-15-7-3-5-9-17(15)25-20(27)12-14-23-21-16-8-4-6-10-18(16)24-19(26-21)11-13-22;;/h3-10H,2,11-14,22H2,1H3,(H,25,27)(H,23,24,26);2*1H. The summed E-state index contributed by atoms with van der Waals surface area (Å²) >= 11 is 0. The minimum atomic E-state index is -0.0241. The van der Waals surface area contributed by atoms with E-state index < -0.39 is 0 Å². The minimum Gasteiger partial charge on any atom is -0.369 e. The summed E-state index contributed by atoms with van der Waals surface area (Å²) in [5, 5.41) is 7.21. The Kier molecular flexibility index (Phi) is 10.4. The summed E-state index contributed by atoms with van der Waals surface area (Å²) in [6.07, 6.45) is 1.85. The van der Waals surface area contributed by atoms with E-state index in [1.165, 1.54) is 0 Å². The zero-order chi connectivity index (χ0) is 19.1. The first-order valence-corrected chi connectivity index (χ1v) is 9.28. The number of hydrogen-bond acceptors (Lipinski definition) is 5. The largest absolute Gasteiger partial charge is 0.369 e. The summed E-state index contributed by atoms with van der Waals surface area (Å²) in [6.45, 7) is 3.06. The van der Waals surface area contributed by atoms with E-state index >= 15 is 0 Å². The number of amides is 1. The number of aryl methyl sites for hydroxylation is 1. The molecule has 0 fully saturated rings. The number of nitrogens with two attached hydrogens (primary N) is 1. The van der Waals surface area contributed by atoms with Crippen molar-refractivity contribution >= 4 is 53.1 Å². The van der Waals surface area contributed by atoms with Crippen LogP contribution in [0.1, 0.15) is 24.7 Å². The predicted octanol–water partition coefficient (Wildman–Crippen LogP) is 3.98. The zero-order valence-corrected chi connectivity index (χ0v) is 18.0. The molecule has 0 spiro atoms. The molecule has 1 aromatic heterocycles. The van der Waals surface area contributed by atoms with Crippen LogP contribution in [0.2, 0.25) is 0 Å². The fraction of sp³-hybridized carbons (Fsp3) is 0.286. The number of nitrogens with zero attached hydrogens (tertiary/aromatic N) is 2. The van der Waals surface area contributed by atoms with Crippen molar-refractivity contribution in [3.63, 3.8) is 0 Å². The fourth-order valence-electron chi connectivity index (χ4n) is 2.96. The molecule has 2 aromatic carbocycles. The lowest BCUT2D eigenvalue weighted by molar-refractivity contribution is -0.115. The van der Waals surface area contributed by atoms with Crippen molar-refractivity contribution in [3.8, 4) is 0 Å². The van der Waals surface area contributed by atoms with Gasteiger partial charge < -0.3 is 16.4 Å². The van der Waals surface area contributed by atoms with Gasteiger partial charge in [0.25, 0.3) is 0 Å². The van der Waals surface area contributed by atoms with Gasteiger partial charge in [-0.1, -0.05) is 37.3 Å². The number of para-hydroxylation sites is 2. The minimum absolute atomic E-state index is 0. The highest BCUT2D eigenvalue weighted by Gasteiger charge is 2.09. The van der Waals surface area contributed by atoms with Crippen LogP contribution in [-0.2, 0) is 17.6 Å². The third-order valence-electron chi connectivity index (χ3n) is 4.33. The van der Waals surface area contributed by atoms with Gasteiger partial charge in [-0.25, -0.2) is 9.97 Å². The molecule has 8 heteroatoms. The van der Waals surface area contributed by atoms with Crippen LogP contribution in [0.4, 0.5) is 11.5 Å². The average molecular weight is 436 g/mol. The number of benzene rings is 2. The Labute approximate surface area is 183 Å². The Morgan fingerprint density at radius 1 is 1.03 bits per heavy atom. The molecule has 0 saturated heterocycles. The summed E-state index contributed by atoms with van der Waals surface area (Å²) in [5.74, 6) is 1.43. The number of carbonyl (C=O) groups excluding carboxylic acids is 1. The monoisotopic (exact) mass is 435 g/mol. The van der Waals surface area contributed by atoms with Gasteiger partial charge in [0, 0.05) is 30.5 Å². The maximum atomic E-state index is 12.3. The van der Waals surface area contributed by atoms with Crippen LogP contribution in [0.5, 0.6) is 0 Å². The molecule has 0 unspecified atom stereocenters. The lowest BCUT2D eigenvalue weighted by Gasteiger charge is -2.12. The van der Waals surface area contributed by atoms with Gasteiger partial charge in [0.2, 0.25) is 5.91 Å². The molecule has 0 aliphatic heterocycles. The molecule has 0 radical (unpaired) electrons. The topological polar surface area (TPSA) is 92.9 Å². The molecule has 0 aliphatic carbocycles. The first-order chi connectivity index (χ1) is 13.2. The molecular weight excluding hydrogens is 409 g/mol. The maximum Gasteiger partial charge on any atom is 0.226 e. The van der Waals surface area contributed by atoms with E-state index in [1.54, 1.807) is 0 Å². The second-order valence-corrected chi connectivity index (χ2v) is 6.28. The number of halogens is 2. The van der Waals surface area contributed by atoms with Crippen molar-refractivity contribution in [2.75, 3.05) is 23.7 Å². The number of aromatic nitrogens is 2. The molecule has 0 bridgehead atoms. The Morgan fingerprint density at radius 3 is 2.52 bits per heavy atom. The van der Waals surface area contributed by atoms with Crippen LogP contribution in [0, 0.1) is 0 Å². The molecule has 3 rings (SSSR count). The van der Waals surface area contributed by atoms with Gasteiger partial charge in [-0.3, -0.25) is 4.79 Å². The second kappa shape index (κ2) is 12.2. The highest BCUT2D eigenvalue weighted by Crippen LogP contribution is 2.20. The predicted molar refractivity (Wildman–Crippen MR) is 124 cm³/mol. The third kappa shape index (κ3) is 6.56. The normalized spacial score (nSPS) is 10.0. The van der Waals surface area contributed by atoms with Gasteiger partial charge in [-0.05, 0) is 36.7 Å². The van der Waals surface area contributed by atoms with Crippen molar-refractivity contribution in [1.82, 2.24) is 9.97 Å². The van der Waals surface area contributed by atoms with Gasteiger partial charge in [0.1, 0.15) is 11.6 Å². The molecule has 156 valence electrons. The number of carbonyl (C=O) groups is 1. The van der Waals surface area contributed by atoms with Crippen LogP contribution in [-0.4, -0.2) is 29.0 Å². The highest BCUT2D eigenvalue weighted by atomic mass is 35.5. The molecule has 1 amide bonds. The molecule has 4 N–H and O–H groups in total. The highest BCUT2D eigenvalue weighted by molar-refractivity contribution is 5.92. The molecule has 0 saturated carbocycles. The Hall–Kier alpha value is -2.41. The Bertz CT molecular complexity index is 936.